The maximum absolute atomic E-state index is 2.17. The van der Waals surface area contributed by atoms with Crippen molar-refractivity contribution in [2.45, 2.75) is 48.0 Å². The van der Waals surface area contributed by atoms with E-state index >= 15 is 0 Å². The lowest BCUT2D eigenvalue weighted by Crippen LogP contribution is -2.07. The first-order valence-corrected chi connectivity index (χ1v) is 8.26. The van der Waals surface area contributed by atoms with E-state index in [1.165, 1.54) is 23.2 Å². The van der Waals surface area contributed by atoms with Crippen molar-refractivity contribution < 1.29 is 0 Å². The monoisotopic (exact) mass is 301 g/mol. The SMILES string of the molecule is CC.CCC.CN(C)c1ccccc1.Cc1cccc(C)c1. The third-order valence-corrected chi connectivity index (χ3v) is 2.45. The van der Waals surface area contributed by atoms with Gasteiger partial charge in [0, 0.05) is 19.8 Å². The molecule has 2 aromatic rings. The Kier molecular flexibility index (Phi) is 16.0. The average molecular weight is 302 g/mol. The van der Waals surface area contributed by atoms with Gasteiger partial charge in [0.05, 0.1) is 0 Å². The van der Waals surface area contributed by atoms with E-state index in [4.69, 9.17) is 0 Å². The first kappa shape index (κ1) is 22.5. The largest absolute Gasteiger partial charge is 0.378 e. The van der Waals surface area contributed by atoms with Gasteiger partial charge >= 0.3 is 0 Å². The van der Waals surface area contributed by atoms with Gasteiger partial charge in [0.1, 0.15) is 0 Å². The normalized spacial score (nSPS) is 8.18. The zero-order valence-electron chi connectivity index (χ0n) is 15.9. The molecule has 124 valence electrons. The maximum atomic E-state index is 2.17. The lowest BCUT2D eigenvalue weighted by atomic mass is 10.2. The second-order valence-corrected chi connectivity index (χ2v) is 5.10. The summed E-state index contributed by atoms with van der Waals surface area (Å²) in [5.74, 6) is 0. The molecule has 1 heteroatoms. The molecule has 2 aromatic carbocycles. The predicted octanol–water partition coefficient (Wildman–Crippen LogP) is 6.50. The topological polar surface area (TPSA) is 3.24 Å². The molecule has 0 atom stereocenters. The van der Waals surface area contributed by atoms with Crippen molar-refractivity contribution in [2.24, 2.45) is 0 Å². The summed E-state index contributed by atoms with van der Waals surface area (Å²) in [5.41, 5.74) is 3.92. The van der Waals surface area contributed by atoms with Crippen LogP contribution >= 0.6 is 0 Å². The van der Waals surface area contributed by atoms with Crippen molar-refractivity contribution in [3.8, 4) is 0 Å². The van der Waals surface area contributed by atoms with Crippen LogP contribution in [0.2, 0.25) is 0 Å². The molecule has 0 N–H and O–H groups in total. The minimum atomic E-state index is 1.25. The number of benzene rings is 2. The molecule has 1 nitrogen and oxygen atoms in total. The molecule has 0 saturated carbocycles. The fraction of sp³-hybridized carbons (Fsp3) is 0.429. The van der Waals surface area contributed by atoms with E-state index < -0.39 is 0 Å². The van der Waals surface area contributed by atoms with Gasteiger partial charge in [-0.3, -0.25) is 0 Å². The van der Waals surface area contributed by atoms with E-state index in [1.54, 1.807) is 0 Å². The number of hydrogen-bond donors (Lipinski definition) is 0. The molecule has 0 fully saturated rings. The Balaban J connectivity index is 0. The summed E-state index contributed by atoms with van der Waals surface area (Å²) >= 11 is 0. The third-order valence-electron chi connectivity index (χ3n) is 2.45. The van der Waals surface area contributed by atoms with Crippen LogP contribution in [0, 0.1) is 13.8 Å². The van der Waals surface area contributed by atoms with Crippen molar-refractivity contribution in [3.63, 3.8) is 0 Å². The fourth-order valence-corrected chi connectivity index (χ4v) is 1.53. The van der Waals surface area contributed by atoms with Gasteiger partial charge in [0.2, 0.25) is 0 Å². The summed E-state index contributed by atoms with van der Waals surface area (Å²) in [6.45, 7) is 12.5. The second kappa shape index (κ2) is 15.6. The molecular formula is C21H35N. The van der Waals surface area contributed by atoms with Gasteiger partial charge in [0.15, 0.2) is 0 Å². The van der Waals surface area contributed by atoms with Crippen LogP contribution in [0.25, 0.3) is 0 Å². The van der Waals surface area contributed by atoms with Gasteiger partial charge in [-0.15, -0.1) is 0 Å². The van der Waals surface area contributed by atoms with Gasteiger partial charge < -0.3 is 4.90 Å². The molecule has 0 saturated heterocycles. The number of para-hydroxylation sites is 1. The lowest BCUT2D eigenvalue weighted by Gasteiger charge is -2.10. The van der Waals surface area contributed by atoms with Crippen LogP contribution in [-0.4, -0.2) is 14.1 Å². The highest BCUT2D eigenvalue weighted by Gasteiger charge is 1.87. The van der Waals surface area contributed by atoms with Gasteiger partial charge in [-0.1, -0.05) is 87.7 Å². The second-order valence-electron chi connectivity index (χ2n) is 5.10. The average Bonchev–Trinajstić information content (AvgIpc) is 2.51. The van der Waals surface area contributed by atoms with Crippen molar-refractivity contribution >= 4 is 5.69 Å². The summed E-state index contributed by atoms with van der Waals surface area (Å²) < 4.78 is 0. The van der Waals surface area contributed by atoms with E-state index in [2.05, 4.69) is 69.0 Å². The fourth-order valence-electron chi connectivity index (χ4n) is 1.53. The molecule has 0 amide bonds. The van der Waals surface area contributed by atoms with Crippen LogP contribution < -0.4 is 4.90 Å². The first-order valence-electron chi connectivity index (χ1n) is 8.26. The number of aryl methyl sites for hydroxylation is 2. The number of anilines is 1. The van der Waals surface area contributed by atoms with E-state index in [1.807, 2.05) is 46.1 Å². The highest BCUT2D eigenvalue weighted by Crippen LogP contribution is 2.07. The Morgan fingerprint density at radius 2 is 1.14 bits per heavy atom. The minimum absolute atomic E-state index is 1.25. The molecule has 0 aliphatic heterocycles. The van der Waals surface area contributed by atoms with E-state index in [0.717, 1.165) is 0 Å². The molecule has 0 heterocycles. The molecule has 0 aromatic heterocycles. The quantitative estimate of drug-likeness (QED) is 0.581. The molecule has 0 aliphatic carbocycles. The summed E-state index contributed by atoms with van der Waals surface area (Å²) in [7, 11) is 4.07. The Morgan fingerprint density at radius 1 is 0.727 bits per heavy atom. The van der Waals surface area contributed by atoms with Crippen molar-refractivity contribution in [2.75, 3.05) is 19.0 Å². The summed E-state index contributed by atoms with van der Waals surface area (Å²) in [4.78, 5) is 2.08. The van der Waals surface area contributed by atoms with Crippen LogP contribution in [-0.2, 0) is 0 Å². The molecule has 0 spiro atoms. The van der Waals surface area contributed by atoms with Crippen LogP contribution in [0.4, 0.5) is 5.69 Å². The van der Waals surface area contributed by atoms with Gasteiger partial charge in [0.25, 0.3) is 0 Å². The number of rotatable bonds is 1. The number of hydrogen-bond acceptors (Lipinski definition) is 1. The molecule has 0 bridgehead atoms. The zero-order valence-corrected chi connectivity index (χ0v) is 15.9. The van der Waals surface area contributed by atoms with E-state index in [9.17, 15) is 0 Å². The highest BCUT2D eigenvalue weighted by molar-refractivity contribution is 5.43. The summed E-state index contributed by atoms with van der Waals surface area (Å²) in [5, 5.41) is 0. The minimum Gasteiger partial charge on any atom is -0.378 e. The molecule has 0 radical (unpaired) electrons. The Morgan fingerprint density at radius 3 is 1.36 bits per heavy atom. The van der Waals surface area contributed by atoms with Gasteiger partial charge in [-0.2, -0.15) is 0 Å². The highest BCUT2D eigenvalue weighted by atomic mass is 15.1. The molecule has 0 aliphatic rings. The first-order chi connectivity index (χ1) is 10.5. The molecule has 2 rings (SSSR count). The van der Waals surface area contributed by atoms with Crippen LogP contribution in [0.3, 0.4) is 0 Å². The third kappa shape index (κ3) is 13.2. The van der Waals surface area contributed by atoms with Crippen molar-refractivity contribution in [1.29, 1.82) is 0 Å². The van der Waals surface area contributed by atoms with Crippen molar-refractivity contribution in [1.82, 2.24) is 0 Å². The smallest absolute Gasteiger partial charge is 0.0360 e. The Labute approximate surface area is 139 Å². The van der Waals surface area contributed by atoms with Crippen molar-refractivity contribution in [3.05, 3.63) is 65.7 Å². The van der Waals surface area contributed by atoms with Crippen LogP contribution in [0.15, 0.2) is 54.6 Å². The number of nitrogens with zero attached hydrogens (tertiary/aromatic N) is 1. The summed E-state index contributed by atoms with van der Waals surface area (Å²) in [6, 6.07) is 18.7. The maximum Gasteiger partial charge on any atom is 0.0360 e. The van der Waals surface area contributed by atoms with Gasteiger partial charge in [-0.05, 0) is 26.0 Å². The Bertz CT molecular complexity index is 429. The van der Waals surface area contributed by atoms with Gasteiger partial charge in [-0.25, -0.2) is 0 Å². The van der Waals surface area contributed by atoms with Crippen LogP contribution in [0.5, 0.6) is 0 Å². The van der Waals surface area contributed by atoms with E-state index in [-0.39, 0.29) is 0 Å². The standard InChI is InChI=1S/C8H11N.C8H10.C3H8.C2H6/c1-9(2)8-6-4-3-5-7-8;1-7-4-3-5-8(2)6-7;1-3-2;1-2/h3-7H,1-2H3;3-6H,1-2H3;3H2,1-2H3;1-2H3. The van der Waals surface area contributed by atoms with E-state index in [0.29, 0.717) is 0 Å². The molecule has 22 heavy (non-hydrogen) atoms. The lowest BCUT2D eigenvalue weighted by molar-refractivity contribution is 1.09. The molecule has 0 unspecified atom stereocenters. The Hall–Kier alpha value is -1.76. The zero-order chi connectivity index (χ0) is 17.4. The molecular weight excluding hydrogens is 266 g/mol. The van der Waals surface area contributed by atoms with Crippen LogP contribution in [0.1, 0.15) is 45.2 Å². The predicted molar refractivity (Wildman–Crippen MR) is 104 cm³/mol. The summed E-state index contributed by atoms with van der Waals surface area (Å²) in [6.07, 6.45) is 1.25.